The Balaban J connectivity index is 1.79. The molecule has 1 aliphatic rings. The molecule has 1 N–H and O–H groups in total. The molecule has 3 aromatic rings. The fourth-order valence-electron chi connectivity index (χ4n) is 3.70. The summed E-state index contributed by atoms with van der Waals surface area (Å²) >= 11 is 5.94. The van der Waals surface area contributed by atoms with Crippen LogP contribution in [0.25, 0.3) is 0 Å². The fourth-order valence-corrected chi connectivity index (χ4v) is 5.82. The number of hydrogen-bond acceptors (Lipinski definition) is 5. The third kappa shape index (κ3) is 5.21. The van der Waals surface area contributed by atoms with Gasteiger partial charge in [0, 0.05) is 17.1 Å². The van der Waals surface area contributed by atoms with Crippen LogP contribution in [0.4, 0.5) is 5.69 Å². The molecule has 4 rings (SSSR count). The Morgan fingerprint density at radius 1 is 0.970 bits per heavy atom. The number of halogens is 1. The number of nitrogens with zero attached hydrogens (tertiary/aromatic N) is 2. The van der Waals surface area contributed by atoms with E-state index in [1.807, 2.05) is 31.2 Å². The van der Waals surface area contributed by atoms with E-state index >= 15 is 0 Å². The van der Waals surface area contributed by atoms with Crippen LogP contribution in [0.3, 0.4) is 0 Å². The average molecular weight is 504 g/mol. The van der Waals surface area contributed by atoms with E-state index in [0.717, 1.165) is 21.8 Å². The predicted molar refractivity (Wildman–Crippen MR) is 130 cm³/mol. The number of rotatable bonds is 6. The lowest BCUT2D eigenvalue weighted by Gasteiger charge is -2.23. The normalized spacial score (nSPS) is 16.5. The summed E-state index contributed by atoms with van der Waals surface area (Å²) in [6.45, 7) is 1.94. The minimum atomic E-state index is -3.97. The quantitative estimate of drug-likeness (QED) is 0.533. The van der Waals surface area contributed by atoms with Gasteiger partial charge in [0.1, 0.15) is 0 Å². The van der Waals surface area contributed by atoms with Crippen molar-refractivity contribution in [2.45, 2.75) is 24.3 Å². The largest absolute Gasteiger partial charge is 0.284 e. The molecule has 0 unspecified atom stereocenters. The van der Waals surface area contributed by atoms with Crippen molar-refractivity contribution in [3.05, 3.63) is 94.5 Å². The van der Waals surface area contributed by atoms with Crippen molar-refractivity contribution in [2.75, 3.05) is 11.0 Å². The van der Waals surface area contributed by atoms with Gasteiger partial charge in [-0.1, -0.05) is 53.6 Å². The number of anilines is 1. The summed E-state index contributed by atoms with van der Waals surface area (Å²) in [6.07, 6.45) is 1.40. The molecule has 10 heteroatoms. The number of hydrazone groups is 1. The van der Waals surface area contributed by atoms with Crippen molar-refractivity contribution in [3.63, 3.8) is 0 Å². The molecule has 1 atom stereocenters. The first-order valence-corrected chi connectivity index (χ1v) is 13.8. The second kappa shape index (κ2) is 8.81. The average Bonchev–Trinajstić information content (AvgIpc) is 3.20. The van der Waals surface area contributed by atoms with Gasteiger partial charge >= 0.3 is 0 Å². The van der Waals surface area contributed by atoms with Crippen LogP contribution in [0.1, 0.15) is 29.2 Å². The second-order valence-corrected chi connectivity index (χ2v) is 11.8. The van der Waals surface area contributed by atoms with Crippen molar-refractivity contribution in [1.29, 1.82) is 0 Å². The molecule has 172 valence electrons. The van der Waals surface area contributed by atoms with Gasteiger partial charge in [-0.3, -0.25) is 4.72 Å². The summed E-state index contributed by atoms with van der Waals surface area (Å²) in [5.41, 5.74) is 3.37. The van der Waals surface area contributed by atoms with Crippen LogP contribution in [0.2, 0.25) is 5.02 Å². The first kappa shape index (κ1) is 23.3. The Morgan fingerprint density at radius 2 is 1.67 bits per heavy atom. The summed E-state index contributed by atoms with van der Waals surface area (Å²) < 4.78 is 53.9. The van der Waals surface area contributed by atoms with E-state index in [-0.39, 0.29) is 4.90 Å². The summed E-state index contributed by atoms with van der Waals surface area (Å²) in [4.78, 5) is 0.0852. The third-order valence-electron chi connectivity index (χ3n) is 5.16. The van der Waals surface area contributed by atoms with E-state index in [2.05, 4.69) is 9.82 Å². The number of hydrogen-bond donors (Lipinski definition) is 1. The smallest absolute Gasteiger partial charge is 0.279 e. The highest BCUT2D eigenvalue weighted by molar-refractivity contribution is 7.92. The lowest BCUT2D eigenvalue weighted by Crippen LogP contribution is -2.27. The maximum absolute atomic E-state index is 13.5. The molecule has 1 heterocycles. The molecule has 0 fully saturated rings. The van der Waals surface area contributed by atoms with Gasteiger partial charge in [0.25, 0.3) is 10.0 Å². The Hall–Kier alpha value is -2.88. The van der Waals surface area contributed by atoms with Crippen molar-refractivity contribution >= 4 is 43.0 Å². The van der Waals surface area contributed by atoms with Crippen molar-refractivity contribution < 1.29 is 16.8 Å². The highest BCUT2D eigenvalue weighted by atomic mass is 35.5. The van der Waals surface area contributed by atoms with Crippen LogP contribution in [0, 0.1) is 6.92 Å². The van der Waals surface area contributed by atoms with Crippen LogP contribution in [-0.2, 0) is 20.0 Å². The van der Waals surface area contributed by atoms with E-state index in [0.29, 0.717) is 28.4 Å². The summed E-state index contributed by atoms with van der Waals surface area (Å²) in [5.74, 6) is 0. The van der Waals surface area contributed by atoms with Crippen molar-refractivity contribution in [3.8, 4) is 0 Å². The molecule has 0 spiro atoms. The second-order valence-electron chi connectivity index (χ2n) is 7.87. The Bertz CT molecular complexity index is 1440. The standard InChI is InChI=1S/C23H22ClN3O4S2/c1-16-5-3-7-18(13-16)23-15-22(17-6-4-8-20(14-17)26-32(2,28)29)25-27(23)33(30,31)21-11-9-19(24)10-12-21/h3-14,23,26H,15H2,1-2H3/t23-/m1/s1. The Labute approximate surface area is 198 Å². The summed E-state index contributed by atoms with van der Waals surface area (Å²) in [7, 11) is -7.43. The lowest BCUT2D eigenvalue weighted by atomic mass is 9.98. The molecule has 0 bridgehead atoms. The molecular weight excluding hydrogens is 482 g/mol. The van der Waals surface area contributed by atoms with Gasteiger partial charge in [-0.15, -0.1) is 0 Å². The molecular formula is C23H22ClN3O4S2. The zero-order valence-electron chi connectivity index (χ0n) is 17.9. The van der Waals surface area contributed by atoms with Gasteiger partial charge in [0.2, 0.25) is 10.0 Å². The van der Waals surface area contributed by atoms with Crippen LogP contribution < -0.4 is 4.72 Å². The van der Waals surface area contributed by atoms with Crippen molar-refractivity contribution in [1.82, 2.24) is 4.41 Å². The van der Waals surface area contributed by atoms with Gasteiger partial charge in [-0.25, -0.2) is 8.42 Å². The molecule has 1 aliphatic heterocycles. The van der Waals surface area contributed by atoms with E-state index < -0.39 is 26.1 Å². The topological polar surface area (TPSA) is 95.9 Å². The van der Waals surface area contributed by atoms with Crippen molar-refractivity contribution in [2.24, 2.45) is 5.10 Å². The number of sulfonamides is 2. The van der Waals surface area contributed by atoms with Gasteiger partial charge in [0.15, 0.2) is 0 Å². The van der Waals surface area contributed by atoms with Gasteiger partial charge in [0.05, 0.1) is 22.9 Å². The molecule has 7 nitrogen and oxygen atoms in total. The van der Waals surface area contributed by atoms with Gasteiger partial charge < -0.3 is 0 Å². The summed E-state index contributed by atoms with van der Waals surface area (Å²) in [5, 5.41) is 4.94. The monoisotopic (exact) mass is 503 g/mol. The van der Waals surface area contributed by atoms with Crippen LogP contribution in [0.15, 0.2) is 82.8 Å². The highest BCUT2D eigenvalue weighted by Gasteiger charge is 2.37. The zero-order valence-corrected chi connectivity index (χ0v) is 20.3. The minimum Gasteiger partial charge on any atom is -0.284 e. The predicted octanol–water partition coefficient (Wildman–Crippen LogP) is 4.56. The Kier molecular flexibility index (Phi) is 6.22. The number of benzene rings is 3. The SMILES string of the molecule is Cc1cccc([C@H]2CC(c3cccc(NS(C)(=O)=O)c3)=NN2S(=O)(=O)c2ccc(Cl)cc2)c1. The minimum absolute atomic E-state index is 0.0852. The maximum Gasteiger partial charge on any atom is 0.279 e. The van der Waals surface area contributed by atoms with E-state index in [1.165, 1.54) is 24.3 Å². The Morgan fingerprint density at radius 3 is 2.33 bits per heavy atom. The van der Waals surface area contributed by atoms with Crippen LogP contribution >= 0.6 is 11.6 Å². The molecule has 0 saturated heterocycles. The van der Waals surface area contributed by atoms with E-state index in [4.69, 9.17) is 11.6 Å². The maximum atomic E-state index is 13.5. The highest BCUT2D eigenvalue weighted by Crippen LogP contribution is 2.37. The lowest BCUT2D eigenvalue weighted by molar-refractivity contribution is 0.371. The summed E-state index contributed by atoms with van der Waals surface area (Å²) in [6, 6.07) is 19.8. The fraction of sp³-hybridized carbons (Fsp3) is 0.174. The van der Waals surface area contributed by atoms with Crippen LogP contribution in [-0.4, -0.2) is 33.2 Å². The number of nitrogens with one attached hydrogen (secondary N) is 1. The first-order valence-electron chi connectivity index (χ1n) is 10.1. The van der Waals surface area contributed by atoms with E-state index in [9.17, 15) is 16.8 Å². The number of aryl methyl sites for hydroxylation is 1. The van der Waals surface area contributed by atoms with Gasteiger partial charge in [-0.2, -0.15) is 17.9 Å². The van der Waals surface area contributed by atoms with Crippen LogP contribution in [0.5, 0.6) is 0 Å². The first-order chi connectivity index (χ1) is 15.5. The van der Waals surface area contributed by atoms with E-state index in [1.54, 1.807) is 24.3 Å². The molecule has 3 aromatic carbocycles. The molecule has 0 saturated carbocycles. The molecule has 33 heavy (non-hydrogen) atoms. The molecule has 0 radical (unpaired) electrons. The molecule has 0 aromatic heterocycles. The zero-order chi connectivity index (χ0) is 23.8. The molecule has 0 amide bonds. The molecule has 0 aliphatic carbocycles. The third-order valence-corrected chi connectivity index (χ3v) is 7.71. The van der Waals surface area contributed by atoms with Gasteiger partial charge in [-0.05, 0) is 54.4 Å².